The third-order valence-electron chi connectivity index (χ3n) is 0.839. The van der Waals surface area contributed by atoms with Crippen molar-refractivity contribution in [2.45, 2.75) is 0 Å². The Morgan fingerprint density at radius 3 is 3.20 bits per heavy atom. The molecule has 1 heterocycles. The van der Waals surface area contributed by atoms with Gasteiger partial charge in [-0.25, -0.2) is 4.98 Å². The summed E-state index contributed by atoms with van der Waals surface area (Å²) in [5.74, 6) is 0.606. The second kappa shape index (κ2) is 3.39. The van der Waals surface area contributed by atoms with Crippen molar-refractivity contribution in [1.82, 2.24) is 20.5 Å². The van der Waals surface area contributed by atoms with E-state index in [0.717, 1.165) is 0 Å². The molecule has 0 fully saturated rings. The van der Waals surface area contributed by atoms with Crippen LogP contribution in [0.1, 0.15) is 5.82 Å². The van der Waals surface area contributed by atoms with Crippen LogP contribution in [0.15, 0.2) is 12.5 Å². The molecule has 0 spiro atoms. The summed E-state index contributed by atoms with van der Waals surface area (Å²) in [7, 11) is 0. The number of amides is 1. The first-order valence-electron chi connectivity index (χ1n) is 2.65. The van der Waals surface area contributed by atoms with Crippen LogP contribution in [-0.2, 0) is 4.79 Å². The zero-order chi connectivity index (χ0) is 7.23. The third-order valence-corrected chi connectivity index (χ3v) is 0.839. The fraction of sp³-hybridized carbons (Fsp3) is 0. The van der Waals surface area contributed by atoms with Gasteiger partial charge in [0.1, 0.15) is 12.2 Å². The van der Waals surface area contributed by atoms with Gasteiger partial charge in [-0.3, -0.25) is 9.89 Å². The van der Waals surface area contributed by atoms with E-state index < -0.39 is 0 Å². The average molecular weight is 138 g/mol. The Labute approximate surface area is 57.2 Å². The maximum Gasteiger partial charge on any atom is 0.211 e. The molecule has 0 unspecified atom stereocenters. The fourth-order valence-corrected chi connectivity index (χ4v) is 0.462. The van der Waals surface area contributed by atoms with Crippen LogP contribution in [0.2, 0.25) is 0 Å². The molecule has 1 amide bonds. The van der Waals surface area contributed by atoms with Gasteiger partial charge in [0.2, 0.25) is 6.41 Å². The van der Waals surface area contributed by atoms with Gasteiger partial charge in [-0.2, -0.15) is 5.10 Å². The van der Waals surface area contributed by atoms with E-state index >= 15 is 0 Å². The lowest BCUT2D eigenvalue weighted by atomic mass is 10.6. The van der Waals surface area contributed by atoms with E-state index in [1.165, 1.54) is 12.5 Å². The highest BCUT2D eigenvalue weighted by Crippen LogP contribution is 1.85. The van der Waals surface area contributed by atoms with Crippen LogP contribution >= 0.6 is 0 Å². The molecule has 0 aromatic carbocycles. The Morgan fingerprint density at radius 1 is 1.70 bits per heavy atom. The number of nitrogens with zero attached hydrogens (tertiary/aromatic N) is 2. The van der Waals surface area contributed by atoms with Crippen molar-refractivity contribution in [3.63, 3.8) is 0 Å². The van der Waals surface area contributed by atoms with E-state index in [4.69, 9.17) is 0 Å². The minimum atomic E-state index is 0.576. The molecule has 0 saturated heterocycles. The molecule has 1 aromatic rings. The second-order valence-electron chi connectivity index (χ2n) is 1.49. The maximum absolute atomic E-state index is 9.72. The minimum absolute atomic E-state index is 0.576. The Hall–Kier alpha value is -1.65. The molecular weight excluding hydrogens is 132 g/mol. The van der Waals surface area contributed by atoms with Crippen LogP contribution < -0.4 is 5.32 Å². The van der Waals surface area contributed by atoms with E-state index in [9.17, 15) is 4.79 Å². The Balaban J connectivity index is 2.47. The van der Waals surface area contributed by atoms with Crippen molar-refractivity contribution < 1.29 is 4.79 Å². The molecule has 0 saturated carbocycles. The predicted molar refractivity (Wildman–Crippen MR) is 34.6 cm³/mol. The van der Waals surface area contributed by atoms with Gasteiger partial charge in [-0.05, 0) is 6.08 Å². The number of carbonyl (C=O) groups excluding carboxylic acids is 1. The number of hydrogen-bond acceptors (Lipinski definition) is 3. The second-order valence-corrected chi connectivity index (χ2v) is 1.49. The molecular formula is C5H6N4O. The summed E-state index contributed by atoms with van der Waals surface area (Å²) in [5.41, 5.74) is 0. The normalized spacial score (nSPS) is 10.0. The van der Waals surface area contributed by atoms with Gasteiger partial charge in [0.15, 0.2) is 0 Å². The lowest BCUT2D eigenvalue weighted by molar-refractivity contribution is -0.108. The molecule has 52 valence electrons. The molecule has 10 heavy (non-hydrogen) atoms. The quantitative estimate of drug-likeness (QED) is 0.554. The zero-order valence-electron chi connectivity index (χ0n) is 5.11. The monoisotopic (exact) mass is 138 g/mol. The number of carbonyl (C=O) groups is 1. The third kappa shape index (κ3) is 1.70. The lowest BCUT2D eigenvalue weighted by Gasteiger charge is -1.81. The largest absolute Gasteiger partial charge is 0.335 e. The Morgan fingerprint density at radius 2 is 2.60 bits per heavy atom. The van der Waals surface area contributed by atoms with Crippen LogP contribution in [0, 0.1) is 0 Å². The van der Waals surface area contributed by atoms with E-state index in [1.807, 2.05) is 0 Å². The molecule has 0 aliphatic rings. The first-order valence-corrected chi connectivity index (χ1v) is 2.65. The highest BCUT2D eigenvalue weighted by molar-refractivity contribution is 5.51. The average Bonchev–Trinajstić information content (AvgIpc) is 2.41. The fourth-order valence-electron chi connectivity index (χ4n) is 0.462. The molecule has 0 atom stereocenters. The molecule has 5 nitrogen and oxygen atoms in total. The van der Waals surface area contributed by atoms with E-state index in [2.05, 4.69) is 20.5 Å². The molecule has 0 radical (unpaired) electrons. The van der Waals surface area contributed by atoms with Crippen molar-refractivity contribution in [3.05, 3.63) is 18.4 Å². The number of rotatable bonds is 3. The van der Waals surface area contributed by atoms with Gasteiger partial charge in [-0.1, -0.05) is 0 Å². The van der Waals surface area contributed by atoms with Crippen molar-refractivity contribution >= 4 is 12.5 Å². The number of hydrogen-bond donors (Lipinski definition) is 2. The van der Waals surface area contributed by atoms with Crippen LogP contribution in [0.3, 0.4) is 0 Å². The van der Waals surface area contributed by atoms with Crippen LogP contribution in [0.5, 0.6) is 0 Å². The zero-order valence-corrected chi connectivity index (χ0v) is 5.11. The van der Waals surface area contributed by atoms with Crippen molar-refractivity contribution in [3.8, 4) is 0 Å². The van der Waals surface area contributed by atoms with E-state index in [-0.39, 0.29) is 0 Å². The van der Waals surface area contributed by atoms with Crippen molar-refractivity contribution in [1.29, 1.82) is 0 Å². The Bertz CT molecular complexity index is 216. The first-order chi connectivity index (χ1) is 4.93. The standard InChI is InChI=1S/C5H6N4O/c10-4-6-2-1-5-7-3-8-9-5/h1-4H,(H,6,10)(H,7,8,9)/b2-1+. The summed E-state index contributed by atoms with van der Waals surface area (Å²) < 4.78 is 0. The maximum atomic E-state index is 9.72. The highest BCUT2D eigenvalue weighted by atomic mass is 16.1. The van der Waals surface area contributed by atoms with Crippen LogP contribution in [0.4, 0.5) is 0 Å². The van der Waals surface area contributed by atoms with Crippen molar-refractivity contribution in [2.24, 2.45) is 0 Å². The van der Waals surface area contributed by atoms with Gasteiger partial charge in [0, 0.05) is 6.20 Å². The Kier molecular flexibility index (Phi) is 2.19. The van der Waals surface area contributed by atoms with Crippen molar-refractivity contribution in [2.75, 3.05) is 0 Å². The number of nitrogens with one attached hydrogen (secondary N) is 2. The van der Waals surface area contributed by atoms with Gasteiger partial charge >= 0.3 is 0 Å². The summed E-state index contributed by atoms with van der Waals surface area (Å²) in [5, 5.41) is 8.53. The molecule has 1 aromatic heterocycles. The molecule has 0 aliphatic heterocycles. The minimum Gasteiger partial charge on any atom is -0.335 e. The highest BCUT2D eigenvalue weighted by Gasteiger charge is 1.83. The number of H-pyrrole nitrogens is 1. The molecule has 5 heteroatoms. The SMILES string of the molecule is O=CN/C=C/c1ncn[nH]1. The van der Waals surface area contributed by atoms with E-state index in [0.29, 0.717) is 12.2 Å². The summed E-state index contributed by atoms with van der Waals surface area (Å²) in [4.78, 5) is 13.5. The molecule has 0 aliphatic carbocycles. The summed E-state index contributed by atoms with van der Waals surface area (Å²) in [6.07, 6.45) is 5.03. The topological polar surface area (TPSA) is 70.7 Å². The summed E-state index contributed by atoms with van der Waals surface area (Å²) >= 11 is 0. The van der Waals surface area contributed by atoms with Crippen LogP contribution in [-0.4, -0.2) is 21.6 Å². The molecule has 0 bridgehead atoms. The van der Waals surface area contributed by atoms with Crippen LogP contribution in [0.25, 0.3) is 6.08 Å². The lowest BCUT2D eigenvalue weighted by Crippen LogP contribution is -1.98. The van der Waals surface area contributed by atoms with Gasteiger partial charge in [-0.15, -0.1) is 0 Å². The number of aromatic amines is 1. The molecule has 1 rings (SSSR count). The molecule has 2 N–H and O–H groups in total. The number of aromatic nitrogens is 3. The van der Waals surface area contributed by atoms with Gasteiger partial charge in [0.25, 0.3) is 0 Å². The smallest absolute Gasteiger partial charge is 0.211 e. The van der Waals surface area contributed by atoms with Gasteiger partial charge < -0.3 is 5.32 Å². The summed E-state index contributed by atoms with van der Waals surface area (Å²) in [6, 6.07) is 0. The first kappa shape index (κ1) is 6.47. The van der Waals surface area contributed by atoms with E-state index in [1.54, 1.807) is 6.08 Å². The predicted octanol–water partition coefficient (Wildman–Crippen LogP) is -0.479. The summed E-state index contributed by atoms with van der Waals surface area (Å²) in [6.45, 7) is 0. The van der Waals surface area contributed by atoms with Gasteiger partial charge in [0.05, 0.1) is 0 Å².